The van der Waals surface area contributed by atoms with E-state index in [1.165, 1.54) is 18.2 Å². The van der Waals surface area contributed by atoms with Crippen LogP contribution in [0, 0.1) is 28.6 Å². The van der Waals surface area contributed by atoms with E-state index in [1.807, 2.05) is 6.92 Å². The van der Waals surface area contributed by atoms with Gasteiger partial charge in [-0.2, -0.15) is 0 Å². The highest BCUT2D eigenvalue weighted by molar-refractivity contribution is 5.92. The molecule has 1 aromatic carbocycles. The van der Waals surface area contributed by atoms with Gasteiger partial charge in [0.15, 0.2) is 23.9 Å². The van der Waals surface area contributed by atoms with E-state index in [-0.39, 0.29) is 72.6 Å². The number of nitrogens with one attached hydrogen (secondary N) is 1. The smallest absolute Gasteiger partial charge is 0.328 e. The minimum Gasteiger partial charge on any atom is -0.504 e. The van der Waals surface area contributed by atoms with Crippen LogP contribution in [0.2, 0.25) is 0 Å². The maximum absolute atomic E-state index is 13.5. The lowest BCUT2D eigenvalue weighted by atomic mass is 9.45. The highest BCUT2D eigenvalue weighted by Gasteiger charge is 2.68. The van der Waals surface area contributed by atoms with Crippen LogP contribution in [0.25, 0.3) is 0 Å². The van der Waals surface area contributed by atoms with Crippen LogP contribution in [-0.2, 0) is 39.9 Å². The molecule has 0 radical (unpaired) electrons. The lowest BCUT2D eigenvalue weighted by Crippen LogP contribution is -2.62. The van der Waals surface area contributed by atoms with Gasteiger partial charge in [-0.15, -0.1) is 0 Å². The molecule has 0 heterocycles. The molecule has 0 aliphatic heterocycles. The van der Waals surface area contributed by atoms with Gasteiger partial charge in [0.1, 0.15) is 11.6 Å². The highest BCUT2D eigenvalue weighted by atomic mass is 16.5. The normalized spacial score (nSPS) is 33.4. The number of rotatable bonds is 10. The van der Waals surface area contributed by atoms with Gasteiger partial charge < -0.3 is 35.2 Å². The Hall–Kier alpha value is -3.77. The first-order chi connectivity index (χ1) is 22.1. The van der Waals surface area contributed by atoms with Crippen molar-refractivity contribution in [3.05, 3.63) is 35.4 Å². The third-order valence-corrected chi connectivity index (χ3v) is 11.7. The van der Waals surface area contributed by atoms with Crippen LogP contribution in [-0.4, -0.2) is 81.3 Å². The lowest BCUT2D eigenvalue weighted by Gasteiger charge is -2.60. The van der Waals surface area contributed by atoms with Crippen LogP contribution in [0.5, 0.6) is 11.5 Å². The van der Waals surface area contributed by atoms with E-state index in [1.54, 1.807) is 6.08 Å². The fourth-order valence-electron chi connectivity index (χ4n) is 9.24. The van der Waals surface area contributed by atoms with Crippen LogP contribution in [0.4, 0.5) is 0 Å². The molecule has 4 aliphatic rings. The zero-order valence-electron chi connectivity index (χ0n) is 27.1. The molecule has 1 amide bonds. The molecular formula is C35H45NO11. The number of ether oxygens (including phenoxy) is 2. The Bertz CT molecular complexity index is 1490. The summed E-state index contributed by atoms with van der Waals surface area (Å²) in [5, 5.41) is 45.1. The van der Waals surface area contributed by atoms with Crippen LogP contribution in [0.15, 0.2) is 29.8 Å². The Balaban J connectivity index is 1.16. The number of fused-ring (bicyclic) bond motifs is 5. The molecule has 5 N–H and O–H groups in total. The fourth-order valence-corrected chi connectivity index (χ4v) is 9.24. The number of esters is 2. The Kier molecular flexibility index (Phi) is 9.58. The van der Waals surface area contributed by atoms with Crippen molar-refractivity contribution in [1.82, 2.24) is 5.32 Å². The van der Waals surface area contributed by atoms with E-state index in [0.29, 0.717) is 24.8 Å². The number of carbonyl (C=O) groups is 5. The maximum Gasteiger partial charge on any atom is 0.328 e. The molecule has 0 aromatic heterocycles. The predicted molar refractivity (Wildman–Crippen MR) is 166 cm³/mol. The minimum atomic E-state index is -1.79. The van der Waals surface area contributed by atoms with E-state index in [2.05, 4.69) is 12.2 Å². The summed E-state index contributed by atoms with van der Waals surface area (Å²) in [5.74, 6) is -3.47. The molecule has 1 aromatic rings. The van der Waals surface area contributed by atoms with Gasteiger partial charge in [-0.05, 0) is 85.5 Å². The number of aliphatic hydroxyl groups excluding tert-OH is 1. The van der Waals surface area contributed by atoms with Crippen molar-refractivity contribution >= 4 is 29.4 Å². The van der Waals surface area contributed by atoms with Crippen molar-refractivity contribution < 1.29 is 53.9 Å². The van der Waals surface area contributed by atoms with E-state index in [0.717, 1.165) is 25.5 Å². The first-order valence-electron chi connectivity index (χ1n) is 16.3. The number of aliphatic hydroxyl groups is 2. The van der Waals surface area contributed by atoms with Crippen molar-refractivity contribution in [3.63, 3.8) is 0 Å². The van der Waals surface area contributed by atoms with Crippen molar-refractivity contribution in [3.8, 4) is 11.5 Å². The summed E-state index contributed by atoms with van der Waals surface area (Å²) in [6, 6.07) is 2.85. The quantitative estimate of drug-likeness (QED) is 0.183. The lowest BCUT2D eigenvalue weighted by molar-refractivity contribution is -0.184. The molecule has 8 unspecified atom stereocenters. The van der Waals surface area contributed by atoms with Crippen molar-refractivity contribution in [2.24, 2.45) is 28.6 Å². The third kappa shape index (κ3) is 6.29. The van der Waals surface area contributed by atoms with Crippen LogP contribution in [0.3, 0.4) is 0 Å². The summed E-state index contributed by atoms with van der Waals surface area (Å²) in [6.07, 6.45) is 3.87. The molecule has 12 nitrogen and oxygen atoms in total. The van der Waals surface area contributed by atoms with Crippen molar-refractivity contribution in [2.75, 3.05) is 13.7 Å². The average molecular weight is 656 g/mol. The van der Waals surface area contributed by atoms with Crippen LogP contribution < -0.4 is 5.32 Å². The molecule has 8 atom stereocenters. The monoisotopic (exact) mass is 655 g/mol. The van der Waals surface area contributed by atoms with Gasteiger partial charge in [0.05, 0.1) is 19.6 Å². The van der Waals surface area contributed by atoms with Crippen molar-refractivity contribution in [1.29, 1.82) is 0 Å². The largest absolute Gasteiger partial charge is 0.504 e. The molecule has 3 saturated carbocycles. The van der Waals surface area contributed by atoms with E-state index in [4.69, 9.17) is 9.47 Å². The number of Topliss-reactive ketones (excluding diaryl/α,β-unsaturated/α-hetero) is 1. The topological polar surface area (TPSA) is 197 Å². The SMILES string of the molecule is COC(=O)C(Cc1ccc(O)c(O)c1)NC(=O)CCC(=O)OCC(=O)C1(O)CCC2C3CCC4=CC(=O)CCC4(C)C3C(O)CC21C. The molecule has 4 aliphatic carbocycles. The standard InChI is InChI=1S/C35H45NO11/c1-33-12-10-21(37)16-20(33)5-6-22-23-11-13-35(45,34(23,2)17-27(40)31(22)33)28(41)18-47-30(43)9-8-29(42)36-24(32(44)46-3)14-19-4-7-25(38)26(39)15-19/h4,7,15-16,22-24,27,31,38-40,45H,5-6,8-14,17-18H2,1-3H3,(H,36,42). The number of phenols is 2. The number of carbonyl (C=O) groups excluding carboxylic acids is 5. The summed E-state index contributed by atoms with van der Waals surface area (Å²) < 4.78 is 9.96. The fraction of sp³-hybridized carbons (Fsp3) is 0.629. The van der Waals surface area contributed by atoms with E-state index < -0.39 is 53.4 Å². The first kappa shape index (κ1) is 34.6. The summed E-state index contributed by atoms with van der Waals surface area (Å²) in [5.41, 5.74) is -1.47. The minimum absolute atomic E-state index is 0.0199. The molecule has 12 heteroatoms. The summed E-state index contributed by atoms with van der Waals surface area (Å²) >= 11 is 0. The molecule has 0 bridgehead atoms. The zero-order chi connectivity index (χ0) is 34.3. The molecular weight excluding hydrogens is 610 g/mol. The Morgan fingerprint density at radius 2 is 1.79 bits per heavy atom. The number of benzene rings is 1. The molecule has 3 fully saturated rings. The molecule has 256 valence electrons. The number of hydrogen-bond acceptors (Lipinski definition) is 11. The van der Waals surface area contributed by atoms with Gasteiger partial charge in [-0.3, -0.25) is 19.2 Å². The number of hydrogen-bond donors (Lipinski definition) is 5. The number of aromatic hydroxyl groups is 2. The first-order valence-corrected chi connectivity index (χ1v) is 16.3. The average Bonchev–Trinajstić information content (AvgIpc) is 3.30. The number of allylic oxidation sites excluding steroid dienone is 1. The van der Waals surface area contributed by atoms with Crippen molar-refractivity contribution in [2.45, 2.75) is 95.8 Å². The second-order valence-electron chi connectivity index (χ2n) is 14.2. The summed E-state index contributed by atoms with van der Waals surface area (Å²) in [7, 11) is 1.15. The molecule has 47 heavy (non-hydrogen) atoms. The van der Waals surface area contributed by atoms with E-state index >= 15 is 0 Å². The molecule has 5 rings (SSSR count). The van der Waals surface area contributed by atoms with Gasteiger partial charge in [-0.25, -0.2) is 4.79 Å². The van der Waals surface area contributed by atoms with Crippen LogP contribution >= 0.6 is 0 Å². The number of methoxy groups -OCH3 is 1. The van der Waals surface area contributed by atoms with E-state index in [9.17, 15) is 44.4 Å². The molecule has 0 saturated heterocycles. The number of ketones is 2. The predicted octanol–water partition coefficient (Wildman–Crippen LogP) is 2.42. The Morgan fingerprint density at radius 3 is 2.49 bits per heavy atom. The second kappa shape index (κ2) is 13.0. The molecule has 0 spiro atoms. The van der Waals surface area contributed by atoms with Gasteiger partial charge in [0, 0.05) is 24.7 Å². The zero-order valence-corrected chi connectivity index (χ0v) is 27.1. The Morgan fingerprint density at radius 1 is 1.04 bits per heavy atom. The second-order valence-corrected chi connectivity index (χ2v) is 14.2. The highest BCUT2D eigenvalue weighted by Crippen LogP contribution is 2.67. The number of phenolic OH excluding ortho intramolecular Hbond substituents is 2. The maximum atomic E-state index is 13.5. The van der Waals surface area contributed by atoms with Gasteiger partial charge in [0.2, 0.25) is 11.7 Å². The van der Waals surface area contributed by atoms with Gasteiger partial charge >= 0.3 is 11.9 Å². The Labute approximate surface area is 273 Å². The number of amides is 1. The van der Waals surface area contributed by atoms with Gasteiger partial charge in [-0.1, -0.05) is 25.5 Å². The van der Waals surface area contributed by atoms with Crippen LogP contribution in [0.1, 0.15) is 77.2 Å². The summed E-state index contributed by atoms with van der Waals surface area (Å²) in [6.45, 7) is 3.31. The third-order valence-electron chi connectivity index (χ3n) is 11.7. The summed E-state index contributed by atoms with van der Waals surface area (Å²) in [4.78, 5) is 63.1. The van der Waals surface area contributed by atoms with Gasteiger partial charge in [0.25, 0.3) is 0 Å².